The summed E-state index contributed by atoms with van der Waals surface area (Å²) in [4.78, 5) is 33.6. The molecule has 0 saturated heterocycles. The number of amides is 1. The molecule has 1 amide bonds. The topological polar surface area (TPSA) is 79.3 Å². The van der Waals surface area contributed by atoms with Gasteiger partial charge in [0.2, 0.25) is 5.78 Å². The highest BCUT2D eigenvalue weighted by atomic mass is 32.1. The fourth-order valence-corrected chi connectivity index (χ4v) is 3.86. The van der Waals surface area contributed by atoms with E-state index in [1.807, 2.05) is 48.7 Å². The third-order valence-electron chi connectivity index (χ3n) is 5.04. The number of pyridine rings is 1. The van der Waals surface area contributed by atoms with Crippen molar-refractivity contribution in [2.24, 2.45) is 0 Å². The number of hydrogen-bond acceptors (Lipinski definition) is 4. The molecule has 0 unspecified atom stereocenters. The minimum absolute atomic E-state index is 0.158. The molecular formula is C24H16N4O2S. The highest BCUT2D eigenvalue weighted by Crippen LogP contribution is 2.31. The Morgan fingerprint density at radius 1 is 0.871 bits per heavy atom. The van der Waals surface area contributed by atoms with Crippen LogP contribution >= 0.6 is 12.2 Å². The van der Waals surface area contributed by atoms with Crippen LogP contribution in [0.25, 0.3) is 16.4 Å². The summed E-state index contributed by atoms with van der Waals surface area (Å²) in [7, 11) is 0. The lowest BCUT2D eigenvalue weighted by Gasteiger charge is -2.06. The summed E-state index contributed by atoms with van der Waals surface area (Å²) in [5, 5.41) is 3.49. The van der Waals surface area contributed by atoms with Gasteiger partial charge in [-0.1, -0.05) is 54.6 Å². The Labute approximate surface area is 182 Å². The fraction of sp³-hybridized carbons (Fsp3) is 0. The van der Waals surface area contributed by atoms with Crippen LogP contribution in [0.3, 0.4) is 0 Å². The number of aromatic nitrogens is 3. The Morgan fingerprint density at radius 2 is 1.52 bits per heavy atom. The lowest BCUT2D eigenvalue weighted by atomic mass is 10.1. The summed E-state index contributed by atoms with van der Waals surface area (Å²) in [5.74, 6) is -0.154. The first kappa shape index (κ1) is 18.9. The maximum absolute atomic E-state index is 13.4. The van der Waals surface area contributed by atoms with E-state index in [9.17, 15) is 9.59 Å². The zero-order chi connectivity index (χ0) is 21.4. The van der Waals surface area contributed by atoms with Crippen molar-refractivity contribution >= 4 is 46.1 Å². The standard InChI is InChI=1S/C24H16N4O2S/c29-21(15-9-3-1-4-10-15)20-19-18(17-13-7-8-14-28(17)20)22(27-24(31)25-19)26-23(30)16-11-5-2-6-12-16/h1-14H,(H2,25,26,27,30,31). The highest BCUT2D eigenvalue weighted by Gasteiger charge is 2.23. The van der Waals surface area contributed by atoms with Gasteiger partial charge in [-0.2, -0.15) is 0 Å². The molecule has 0 aliphatic heterocycles. The lowest BCUT2D eigenvalue weighted by molar-refractivity contribution is 0.102. The Bertz CT molecular complexity index is 1510. The maximum atomic E-state index is 13.4. The molecular weight excluding hydrogens is 408 g/mol. The predicted octanol–water partition coefficient (Wildman–Crippen LogP) is 5.03. The van der Waals surface area contributed by atoms with Crippen LogP contribution in [0, 0.1) is 4.77 Å². The Morgan fingerprint density at radius 3 is 2.23 bits per heavy atom. The Balaban J connectivity index is 1.75. The number of H-pyrrole nitrogens is 1. The maximum Gasteiger partial charge on any atom is 0.256 e. The van der Waals surface area contributed by atoms with Crippen molar-refractivity contribution in [1.82, 2.24) is 14.4 Å². The van der Waals surface area contributed by atoms with Gasteiger partial charge >= 0.3 is 0 Å². The average Bonchev–Trinajstić information content (AvgIpc) is 3.13. The molecule has 5 aromatic rings. The first-order chi connectivity index (χ1) is 15.1. The number of nitrogens with one attached hydrogen (secondary N) is 2. The van der Waals surface area contributed by atoms with Crippen LogP contribution in [0.15, 0.2) is 85.1 Å². The Hall–Kier alpha value is -4.10. The van der Waals surface area contributed by atoms with Gasteiger partial charge in [0, 0.05) is 17.3 Å². The molecule has 7 heteroatoms. The largest absolute Gasteiger partial charge is 0.328 e. The molecule has 2 aromatic carbocycles. The van der Waals surface area contributed by atoms with Crippen LogP contribution in [-0.2, 0) is 0 Å². The zero-order valence-electron chi connectivity index (χ0n) is 16.2. The van der Waals surface area contributed by atoms with Crippen LogP contribution in [0.4, 0.5) is 5.82 Å². The second-order valence-corrected chi connectivity index (χ2v) is 7.35. The van der Waals surface area contributed by atoms with E-state index in [-0.39, 0.29) is 16.5 Å². The van der Waals surface area contributed by atoms with E-state index in [0.29, 0.717) is 33.5 Å². The lowest BCUT2D eigenvalue weighted by Crippen LogP contribution is -2.13. The third-order valence-corrected chi connectivity index (χ3v) is 5.24. The first-order valence-electron chi connectivity index (χ1n) is 9.63. The summed E-state index contributed by atoms with van der Waals surface area (Å²) in [6.45, 7) is 0. The van der Waals surface area contributed by atoms with Crippen molar-refractivity contribution in [1.29, 1.82) is 0 Å². The smallest absolute Gasteiger partial charge is 0.256 e. The summed E-state index contributed by atoms with van der Waals surface area (Å²) in [6, 6.07) is 23.5. The van der Waals surface area contributed by atoms with Gasteiger partial charge in [0.25, 0.3) is 5.91 Å². The van der Waals surface area contributed by atoms with Gasteiger partial charge in [-0.3, -0.25) is 9.59 Å². The molecule has 2 N–H and O–H groups in total. The van der Waals surface area contributed by atoms with Crippen LogP contribution in [0.1, 0.15) is 26.4 Å². The van der Waals surface area contributed by atoms with Gasteiger partial charge < -0.3 is 14.7 Å². The number of ketones is 1. The molecule has 0 radical (unpaired) electrons. The number of rotatable bonds is 4. The number of nitrogens with zero attached hydrogens (tertiary/aromatic N) is 2. The molecule has 0 aliphatic carbocycles. The van der Waals surface area contributed by atoms with Crippen LogP contribution in [0.5, 0.6) is 0 Å². The monoisotopic (exact) mass is 424 g/mol. The average molecular weight is 424 g/mol. The fourth-order valence-electron chi connectivity index (χ4n) is 3.67. The molecule has 0 atom stereocenters. The molecule has 0 fully saturated rings. The van der Waals surface area contributed by atoms with Gasteiger partial charge in [0.1, 0.15) is 11.5 Å². The minimum atomic E-state index is -0.304. The van der Waals surface area contributed by atoms with E-state index < -0.39 is 0 Å². The molecule has 5 rings (SSSR count). The van der Waals surface area contributed by atoms with E-state index in [1.165, 1.54) is 0 Å². The zero-order valence-corrected chi connectivity index (χ0v) is 17.0. The highest BCUT2D eigenvalue weighted by molar-refractivity contribution is 7.71. The van der Waals surface area contributed by atoms with Crippen molar-refractivity contribution in [2.45, 2.75) is 0 Å². The number of carbonyl (C=O) groups is 2. The molecule has 3 heterocycles. The number of hydrogen-bond donors (Lipinski definition) is 2. The van der Waals surface area contributed by atoms with E-state index in [1.54, 1.807) is 40.8 Å². The number of carbonyl (C=O) groups excluding carboxylic acids is 2. The predicted molar refractivity (Wildman–Crippen MR) is 122 cm³/mol. The van der Waals surface area contributed by atoms with Crippen molar-refractivity contribution < 1.29 is 9.59 Å². The molecule has 0 bridgehead atoms. The van der Waals surface area contributed by atoms with E-state index in [4.69, 9.17) is 12.2 Å². The minimum Gasteiger partial charge on any atom is -0.328 e. The molecule has 3 aromatic heterocycles. The number of anilines is 1. The summed E-state index contributed by atoms with van der Waals surface area (Å²) < 4.78 is 1.97. The number of fused-ring (bicyclic) bond motifs is 3. The van der Waals surface area contributed by atoms with Gasteiger partial charge in [-0.15, -0.1) is 0 Å². The Kier molecular flexibility index (Phi) is 4.65. The quantitative estimate of drug-likeness (QED) is 0.313. The van der Waals surface area contributed by atoms with Crippen molar-refractivity contribution in [3.05, 3.63) is 107 Å². The van der Waals surface area contributed by atoms with Gasteiger partial charge in [-0.05, 0) is 36.5 Å². The molecule has 150 valence electrons. The van der Waals surface area contributed by atoms with E-state index >= 15 is 0 Å². The summed E-state index contributed by atoms with van der Waals surface area (Å²) >= 11 is 5.33. The number of aromatic amines is 1. The van der Waals surface area contributed by atoms with E-state index in [2.05, 4.69) is 15.3 Å². The summed E-state index contributed by atoms with van der Waals surface area (Å²) in [5.41, 5.74) is 2.75. The molecule has 31 heavy (non-hydrogen) atoms. The second-order valence-electron chi connectivity index (χ2n) is 6.96. The summed E-state index contributed by atoms with van der Waals surface area (Å²) in [6.07, 6.45) is 1.81. The molecule has 6 nitrogen and oxygen atoms in total. The van der Waals surface area contributed by atoms with Crippen molar-refractivity contribution in [2.75, 3.05) is 5.32 Å². The van der Waals surface area contributed by atoms with Crippen LogP contribution in [0.2, 0.25) is 0 Å². The molecule has 0 aliphatic rings. The third kappa shape index (κ3) is 3.31. The normalized spacial score (nSPS) is 11.0. The van der Waals surface area contributed by atoms with Crippen LogP contribution in [-0.4, -0.2) is 26.1 Å². The van der Waals surface area contributed by atoms with Gasteiger partial charge in [0.15, 0.2) is 4.77 Å². The molecule has 0 saturated carbocycles. The molecule has 0 spiro atoms. The van der Waals surface area contributed by atoms with Gasteiger partial charge in [0.05, 0.1) is 16.4 Å². The number of benzene rings is 2. The van der Waals surface area contributed by atoms with Crippen molar-refractivity contribution in [3.8, 4) is 0 Å². The van der Waals surface area contributed by atoms with Gasteiger partial charge in [-0.25, -0.2) is 4.98 Å². The van der Waals surface area contributed by atoms with Crippen LogP contribution < -0.4 is 5.32 Å². The SMILES string of the molecule is O=C(Nc1nc(=S)[nH]c2c(C(=O)c3ccccc3)n3ccccc3c12)c1ccccc1. The van der Waals surface area contributed by atoms with E-state index in [0.717, 1.165) is 5.52 Å². The first-order valence-corrected chi connectivity index (χ1v) is 10.0. The second kappa shape index (κ2) is 7.62. The van der Waals surface area contributed by atoms with Crippen molar-refractivity contribution in [3.63, 3.8) is 0 Å².